The highest BCUT2D eigenvalue weighted by atomic mass is 16.6. The molecule has 7 nitrogen and oxygen atoms in total. The Bertz CT molecular complexity index is 537. The molecule has 1 saturated carbocycles. The minimum Gasteiger partial charge on any atom is -0.444 e. The number of carbonyl (C=O) groups is 2. The molecule has 2 fully saturated rings. The largest absolute Gasteiger partial charge is 0.444 e. The molecule has 1 N–H and O–H groups in total. The lowest BCUT2D eigenvalue weighted by Crippen LogP contribution is -2.68. The predicted octanol–water partition coefficient (Wildman–Crippen LogP) is 3.54. The van der Waals surface area contributed by atoms with Crippen LogP contribution in [-0.2, 0) is 9.47 Å². The highest BCUT2D eigenvalue weighted by Gasteiger charge is 2.48. The van der Waals surface area contributed by atoms with Crippen LogP contribution in [0.1, 0.15) is 73.6 Å². The topological polar surface area (TPSA) is 79.3 Å². The summed E-state index contributed by atoms with van der Waals surface area (Å²) in [4.78, 5) is 29.3. The van der Waals surface area contributed by atoms with E-state index in [9.17, 15) is 14.7 Å². The van der Waals surface area contributed by atoms with Crippen molar-refractivity contribution >= 4 is 12.2 Å². The van der Waals surface area contributed by atoms with Gasteiger partial charge in [0.25, 0.3) is 0 Å². The van der Waals surface area contributed by atoms with E-state index in [1.165, 1.54) is 0 Å². The summed E-state index contributed by atoms with van der Waals surface area (Å²) in [7, 11) is 0. The molecule has 0 aromatic heterocycles. The Morgan fingerprint density at radius 1 is 0.926 bits per heavy atom. The van der Waals surface area contributed by atoms with E-state index in [4.69, 9.17) is 9.47 Å². The summed E-state index contributed by atoms with van der Waals surface area (Å²) in [6, 6.07) is -0.459. The fourth-order valence-electron chi connectivity index (χ4n) is 4.01. The van der Waals surface area contributed by atoms with Crippen LogP contribution >= 0.6 is 0 Å². The molecular formula is C20H36N2O5. The molecule has 2 rings (SSSR count). The van der Waals surface area contributed by atoms with Crippen molar-refractivity contribution in [2.24, 2.45) is 0 Å². The molecule has 2 aliphatic rings. The van der Waals surface area contributed by atoms with Gasteiger partial charge in [0.2, 0.25) is 0 Å². The molecule has 0 spiro atoms. The molecule has 27 heavy (non-hydrogen) atoms. The number of aliphatic hydroxyl groups is 1. The Kier molecular flexibility index (Phi) is 6.66. The highest BCUT2D eigenvalue weighted by molar-refractivity contribution is 5.72. The van der Waals surface area contributed by atoms with Gasteiger partial charge in [0.1, 0.15) is 11.2 Å². The maximum atomic E-state index is 12.9. The average molecular weight is 385 g/mol. The molecule has 2 unspecified atom stereocenters. The number of carbonyl (C=O) groups excluding carboxylic acids is 2. The Morgan fingerprint density at radius 3 is 1.96 bits per heavy atom. The van der Waals surface area contributed by atoms with Crippen molar-refractivity contribution in [3.05, 3.63) is 0 Å². The third-order valence-corrected chi connectivity index (χ3v) is 4.95. The average Bonchev–Trinajstić information content (AvgIpc) is 2.50. The summed E-state index contributed by atoms with van der Waals surface area (Å²) in [6.07, 6.45) is 3.40. The lowest BCUT2D eigenvalue weighted by molar-refractivity contribution is -0.0657. The van der Waals surface area contributed by atoms with Gasteiger partial charge < -0.3 is 19.5 Å². The second kappa shape index (κ2) is 8.25. The van der Waals surface area contributed by atoms with Crippen molar-refractivity contribution in [2.45, 2.75) is 103 Å². The first-order chi connectivity index (χ1) is 12.4. The zero-order valence-corrected chi connectivity index (χ0v) is 17.7. The lowest BCUT2D eigenvalue weighted by Gasteiger charge is -2.53. The van der Waals surface area contributed by atoms with Gasteiger partial charge in [-0.1, -0.05) is 12.8 Å². The first kappa shape index (κ1) is 21.8. The van der Waals surface area contributed by atoms with Gasteiger partial charge >= 0.3 is 12.2 Å². The quantitative estimate of drug-likeness (QED) is 0.788. The molecule has 1 aliphatic carbocycles. The maximum absolute atomic E-state index is 12.9. The van der Waals surface area contributed by atoms with Crippen LogP contribution in [0.5, 0.6) is 0 Å². The number of hydrogen-bond acceptors (Lipinski definition) is 5. The monoisotopic (exact) mass is 384 g/mol. The summed E-state index contributed by atoms with van der Waals surface area (Å²) < 4.78 is 11.3. The zero-order chi connectivity index (χ0) is 20.4. The molecule has 0 bridgehead atoms. The van der Waals surface area contributed by atoms with Gasteiger partial charge in [0.05, 0.1) is 18.1 Å². The van der Waals surface area contributed by atoms with Gasteiger partial charge in [-0.15, -0.1) is 0 Å². The lowest BCUT2D eigenvalue weighted by atomic mass is 9.84. The van der Waals surface area contributed by atoms with Gasteiger partial charge in [-0.2, -0.15) is 0 Å². The zero-order valence-electron chi connectivity index (χ0n) is 17.7. The summed E-state index contributed by atoms with van der Waals surface area (Å²) in [5.41, 5.74) is -1.16. The van der Waals surface area contributed by atoms with Crippen LogP contribution in [-0.4, -0.2) is 69.6 Å². The molecule has 7 heteroatoms. The van der Waals surface area contributed by atoms with Crippen molar-refractivity contribution in [3.8, 4) is 0 Å². The first-order valence-corrected chi connectivity index (χ1v) is 10.0. The number of fused-ring (bicyclic) bond motifs is 1. The van der Waals surface area contributed by atoms with Crippen LogP contribution in [0.25, 0.3) is 0 Å². The van der Waals surface area contributed by atoms with E-state index in [1.807, 2.05) is 41.5 Å². The molecule has 0 aromatic carbocycles. The number of piperazine rings is 1. The number of amides is 2. The summed E-state index contributed by atoms with van der Waals surface area (Å²) in [5, 5.41) is 9.54. The molecule has 0 aromatic rings. The first-order valence-electron chi connectivity index (χ1n) is 10.0. The standard InChI is InChI=1S/C20H36N2O5/c1-19(2,3)26-17(24)21-13-14(11-12-23)22(18(25)27-20(4,5)6)16-10-8-7-9-15(16)21/h14-16,23H,7-13H2,1-6H3/t14?,15?,16-/m0/s1. The summed E-state index contributed by atoms with van der Waals surface area (Å²) in [6.45, 7) is 11.4. The minimum atomic E-state index is -0.590. The predicted molar refractivity (Wildman–Crippen MR) is 103 cm³/mol. The number of aliphatic hydroxyl groups excluding tert-OH is 1. The molecule has 3 atom stereocenters. The van der Waals surface area contributed by atoms with Crippen LogP contribution < -0.4 is 0 Å². The molecular weight excluding hydrogens is 348 g/mol. The Labute approximate surface area is 163 Å². The SMILES string of the molecule is CC(C)(C)OC(=O)N1CC(CCO)N(C(=O)OC(C)(C)C)[C@H]2CCCCC21. The van der Waals surface area contributed by atoms with Crippen LogP contribution in [0, 0.1) is 0 Å². The fraction of sp³-hybridized carbons (Fsp3) is 0.900. The molecule has 156 valence electrons. The van der Waals surface area contributed by atoms with E-state index in [1.54, 1.807) is 9.80 Å². The molecule has 1 heterocycles. The number of nitrogens with zero attached hydrogens (tertiary/aromatic N) is 2. The van der Waals surface area contributed by atoms with Gasteiger partial charge in [0.15, 0.2) is 0 Å². The van der Waals surface area contributed by atoms with Crippen LogP contribution in [0.4, 0.5) is 9.59 Å². The van der Waals surface area contributed by atoms with Crippen LogP contribution in [0.3, 0.4) is 0 Å². The van der Waals surface area contributed by atoms with Crippen molar-refractivity contribution < 1.29 is 24.2 Å². The van der Waals surface area contributed by atoms with E-state index < -0.39 is 11.2 Å². The molecule has 1 aliphatic heterocycles. The van der Waals surface area contributed by atoms with Gasteiger partial charge in [-0.3, -0.25) is 4.90 Å². The Morgan fingerprint density at radius 2 is 1.44 bits per heavy atom. The molecule has 2 amide bonds. The highest BCUT2D eigenvalue weighted by Crippen LogP contribution is 2.35. The molecule has 1 saturated heterocycles. The van der Waals surface area contributed by atoms with E-state index in [2.05, 4.69) is 0 Å². The normalized spacial score (nSPS) is 26.4. The fourth-order valence-corrected chi connectivity index (χ4v) is 4.01. The number of ether oxygens (including phenoxy) is 2. The summed E-state index contributed by atoms with van der Waals surface area (Å²) in [5.74, 6) is 0. The van der Waals surface area contributed by atoms with E-state index >= 15 is 0 Å². The second-order valence-electron chi connectivity index (χ2n) is 9.61. The summed E-state index contributed by atoms with van der Waals surface area (Å²) >= 11 is 0. The Balaban J connectivity index is 2.29. The second-order valence-corrected chi connectivity index (χ2v) is 9.61. The van der Waals surface area contributed by atoms with Crippen LogP contribution in [0.15, 0.2) is 0 Å². The molecule has 0 radical (unpaired) electrons. The minimum absolute atomic E-state index is 0.0521. The maximum Gasteiger partial charge on any atom is 0.410 e. The van der Waals surface area contributed by atoms with Gasteiger partial charge in [0, 0.05) is 13.2 Å². The van der Waals surface area contributed by atoms with Crippen molar-refractivity contribution in [3.63, 3.8) is 0 Å². The van der Waals surface area contributed by atoms with E-state index in [0.29, 0.717) is 13.0 Å². The van der Waals surface area contributed by atoms with Crippen molar-refractivity contribution in [1.29, 1.82) is 0 Å². The van der Waals surface area contributed by atoms with E-state index in [-0.39, 0.29) is 36.9 Å². The van der Waals surface area contributed by atoms with E-state index in [0.717, 1.165) is 25.7 Å². The number of hydrogen-bond donors (Lipinski definition) is 1. The van der Waals surface area contributed by atoms with Crippen molar-refractivity contribution in [2.75, 3.05) is 13.2 Å². The third kappa shape index (κ3) is 5.74. The van der Waals surface area contributed by atoms with Gasteiger partial charge in [-0.05, 0) is 60.8 Å². The van der Waals surface area contributed by atoms with Gasteiger partial charge in [-0.25, -0.2) is 9.59 Å². The van der Waals surface area contributed by atoms with Crippen LogP contribution in [0.2, 0.25) is 0 Å². The smallest absolute Gasteiger partial charge is 0.410 e. The number of rotatable bonds is 2. The Hall–Kier alpha value is -1.50. The third-order valence-electron chi connectivity index (χ3n) is 4.95. The van der Waals surface area contributed by atoms with Crippen molar-refractivity contribution in [1.82, 2.24) is 9.80 Å².